The molecule has 10 heteroatoms. The van der Waals surface area contributed by atoms with Crippen LogP contribution in [0.25, 0.3) is 11.3 Å². The number of hydrogen-bond donors (Lipinski definition) is 2. The predicted molar refractivity (Wildman–Crippen MR) is 154 cm³/mol. The zero-order valence-corrected chi connectivity index (χ0v) is 23.5. The van der Waals surface area contributed by atoms with E-state index in [1.165, 1.54) is 6.07 Å². The lowest BCUT2D eigenvalue weighted by Crippen LogP contribution is -2.50. The van der Waals surface area contributed by atoms with E-state index in [2.05, 4.69) is 10.6 Å². The molecule has 220 valence electrons. The normalized spacial score (nSPS) is 18.4. The maximum Gasteiger partial charge on any atom is 0.416 e. The molecule has 2 aromatic carbocycles. The second-order valence-corrected chi connectivity index (χ2v) is 10.9. The highest BCUT2D eigenvalue weighted by molar-refractivity contribution is 5.79. The van der Waals surface area contributed by atoms with Crippen LogP contribution >= 0.6 is 0 Å². The highest BCUT2D eigenvalue weighted by Crippen LogP contribution is 2.39. The number of alkyl halides is 3. The van der Waals surface area contributed by atoms with Gasteiger partial charge in [0.25, 0.3) is 0 Å². The summed E-state index contributed by atoms with van der Waals surface area (Å²) in [4.78, 5) is 19.7. The molecule has 0 aliphatic carbocycles. The highest BCUT2D eigenvalue weighted by atomic mass is 19.4. The van der Waals surface area contributed by atoms with E-state index in [-0.39, 0.29) is 17.4 Å². The second-order valence-electron chi connectivity index (χ2n) is 10.9. The van der Waals surface area contributed by atoms with Crippen molar-refractivity contribution in [2.45, 2.75) is 37.8 Å². The zero-order chi connectivity index (χ0) is 29.7. The third-order valence-corrected chi connectivity index (χ3v) is 8.38. The zero-order valence-electron chi connectivity index (χ0n) is 23.5. The van der Waals surface area contributed by atoms with Gasteiger partial charge in [-0.15, -0.1) is 0 Å². The Bertz CT molecular complexity index is 1440. The summed E-state index contributed by atoms with van der Waals surface area (Å²) in [6, 6.07) is 17.0. The van der Waals surface area contributed by atoms with E-state index in [1.54, 1.807) is 0 Å². The van der Waals surface area contributed by atoms with Gasteiger partial charge in [-0.2, -0.15) is 18.4 Å². The van der Waals surface area contributed by atoms with Crippen molar-refractivity contribution in [3.8, 4) is 23.1 Å². The number of piperidine rings is 1. The van der Waals surface area contributed by atoms with Crippen LogP contribution in [0.2, 0.25) is 0 Å². The van der Waals surface area contributed by atoms with Gasteiger partial charge in [0.2, 0.25) is 5.91 Å². The Morgan fingerprint density at radius 3 is 2.62 bits per heavy atom. The number of pyridine rings is 1. The molecule has 2 N–H and O–H groups in total. The summed E-state index contributed by atoms with van der Waals surface area (Å²) in [5.41, 5.74) is 1.87. The molecule has 5 rings (SSSR count). The van der Waals surface area contributed by atoms with Crippen LogP contribution < -0.4 is 20.3 Å². The number of carbonyl (C=O) groups excluding carboxylic acids is 1. The van der Waals surface area contributed by atoms with Gasteiger partial charge in [0, 0.05) is 43.4 Å². The molecule has 0 radical (unpaired) electrons. The van der Waals surface area contributed by atoms with Gasteiger partial charge < -0.3 is 20.3 Å². The minimum atomic E-state index is -4.52. The van der Waals surface area contributed by atoms with Crippen LogP contribution in [0.15, 0.2) is 60.8 Å². The first-order valence-electron chi connectivity index (χ1n) is 14.3. The lowest BCUT2D eigenvalue weighted by atomic mass is 9.72. The van der Waals surface area contributed by atoms with E-state index in [0.29, 0.717) is 51.3 Å². The number of benzene rings is 2. The van der Waals surface area contributed by atoms with Gasteiger partial charge in [-0.05, 0) is 74.7 Å². The van der Waals surface area contributed by atoms with E-state index in [4.69, 9.17) is 9.72 Å². The van der Waals surface area contributed by atoms with Crippen molar-refractivity contribution in [1.82, 2.24) is 15.6 Å². The van der Waals surface area contributed by atoms with Crippen molar-refractivity contribution >= 4 is 11.6 Å². The summed E-state index contributed by atoms with van der Waals surface area (Å²) in [6.07, 6.45) is -0.614. The molecule has 42 heavy (non-hydrogen) atoms. The van der Waals surface area contributed by atoms with Gasteiger partial charge in [-0.3, -0.25) is 9.78 Å². The SMILES string of the molecule is CCOc1ccccc1-c1ccc(C2(CNC(=O)[C@H]3CCNC3)CCN(c3ccc(C(F)(F)F)cc3C#N)CC2)cn1. The van der Waals surface area contributed by atoms with Gasteiger partial charge in [-0.25, -0.2) is 0 Å². The van der Waals surface area contributed by atoms with Crippen molar-refractivity contribution in [2.75, 3.05) is 44.2 Å². The van der Waals surface area contributed by atoms with Crippen LogP contribution in [-0.2, 0) is 16.4 Å². The molecule has 3 heterocycles. The first-order chi connectivity index (χ1) is 20.2. The van der Waals surface area contributed by atoms with Crippen LogP contribution in [0.4, 0.5) is 18.9 Å². The Hall–Kier alpha value is -4.10. The van der Waals surface area contributed by atoms with Crippen LogP contribution in [0.1, 0.15) is 42.9 Å². The summed E-state index contributed by atoms with van der Waals surface area (Å²) < 4.78 is 45.5. The second kappa shape index (κ2) is 12.4. The van der Waals surface area contributed by atoms with Crippen molar-refractivity contribution in [3.05, 3.63) is 77.5 Å². The minimum Gasteiger partial charge on any atom is -0.493 e. The van der Waals surface area contributed by atoms with Crippen LogP contribution in [0.5, 0.6) is 5.75 Å². The molecule has 1 atom stereocenters. The number of nitrogens with one attached hydrogen (secondary N) is 2. The smallest absolute Gasteiger partial charge is 0.416 e. The number of halogens is 3. The summed E-state index contributed by atoms with van der Waals surface area (Å²) in [7, 11) is 0. The molecule has 1 aromatic heterocycles. The molecule has 2 fully saturated rings. The number of rotatable bonds is 8. The van der Waals surface area contributed by atoms with Gasteiger partial charge in [0.1, 0.15) is 11.8 Å². The average molecular weight is 578 g/mol. The standard InChI is InChI=1S/C32H34F3N5O2/c1-2-42-29-6-4-3-5-26(29)27-9-7-25(20-38-27)31(21-39-30(41)22-11-14-37-19-22)12-15-40(16-13-31)28-10-8-24(32(33,34)35)17-23(28)18-36/h3-10,17,20,22,37H,2,11-16,19,21H2,1H3,(H,39,41)/t22-/m0/s1. The highest BCUT2D eigenvalue weighted by Gasteiger charge is 2.39. The van der Waals surface area contributed by atoms with Crippen molar-refractivity contribution < 1.29 is 22.7 Å². The van der Waals surface area contributed by atoms with Crippen LogP contribution in [0.3, 0.4) is 0 Å². The summed E-state index contributed by atoms with van der Waals surface area (Å²) >= 11 is 0. The third-order valence-electron chi connectivity index (χ3n) is 8.38. The molecule has 2 aliphatic rings. The van der Waals surface area contributed by atoms with E-state index in [1.807, 2.05) is 60.5 Å². The number of carbonyl (C=O) groups is 1. The first kappa shape index (κ1) is 29.4. The lowest BCUT2D eigenvalue weighted by molar-refractivity contribution is -0.137. The number of hydrogen-bond acceptors (Lipinski definition) is 6. The molecule has 0 unspecified atom stereocenters. The fourth-order valence-electron chi connectivity index (χ4n) is 5.93. The van der Waals surface area contributed by atoms with Crippen molar-refractivity contribution in [1.29, 1.82) is 5.26 Å². The van der Waals surface area contributed by atoms with E-state index < -0.39 is 17.2 Å². The molecule has 1 amide bonds. The largest absolute Gasteiger partial charge is 0.493 e. The number of para-hydroxylation sites is 1. The summed E-state index contributed by atoms with van der Waals surface area (Å²) in [6.45, 7) is 5.39. The van der Waals surface area contributed by atoms with E-state index in [0.717, 1.165) is 47.7 Å². The topological polar surface area (TPSA) is 90.3 Å². The summed E-state index contributed by atoms with van der Waals surface area (Å²) in [5.74, 6) is 0.708. The van der Waals surface area contributed by atoms with Crippen molar-refractivity contribution in [2.24, 2.45) is 5.92 Å². The third kappa shape index (κ3) is 6.21. The molecule has 2 aliphatic heterocycles. The molecule has 0 bridgehead atoms. The van der Waals surface area contributed by atoms with Gasteiger partial charge in [-0.1, -0.05) is 18.2 Å². The van der Waals surface area contributed by atoms with Crippen LogP contribution in [0, 0.1) is 17.2 Å². The number of anilines is 1. The molecule has 3 aromatic rings. The fourth-order valence-corrected chi connectivity index (χ4v) is 5.93. The number of aromatic nitrogens is 1. The van der Waals surface area contributed by atoms with Gasteiger partial charge in [0.15, 0.2) is 0 Å². The molecule has 7 nitrogen and oxygen atoms in total. The van der Waals surface area contributed by atoms with Gasteiger partial charge >= 0.3 is 6.18 Å². The number of ether oxygens (including phenoxy) is 1. The Morgan fingerprint density at radius 1 is 1.19 bits per heavy atom. The quantitative estimate of drug-likeness (QED) is 0.378. The lowest BCUT2D eigenvalue weighted by Gasteiger charge is -2.43. The monoisotopic (exact) mass is 577 g/mol. The Labute approximate surface area is 243 Å². The van der Waals surface area contributed by atoms with Crippen molar-refractivity contribution in [3.63, 3.8) is 0 Å². The Balaban J connectivity index is 1.40. The maximum absolute atomic E-state index is 13.3. The van der Waals surface area contributed by atoms with E-state index in [9.17, 15) is 23.2 Å². The Morgan fingerprint density at radius 2 is 1.98 bits per heavy atom. The Kier molecular flexibility index (Phi) is 8.69. The van der Waals surface area contributed by atoms with E-state index >= 15 is 0 Å². The molecular formula is C32H34F3N5O2. The number of nitriles is 1. The maximum atomic E-state index is 13.3. The molecular weight excluding hydrogens is 543 g/mol. The van der Waals surface area contributed by atoms with Gasteiger partial charge in [0.05, 0.1) is 35.0 Å². The minimum absolute atomic E-state index is 0.00153. The predicted octanol–water partition coefficient (Wildman–Crippen LogP) is 5.30. The van der Waals surface area contributed by atoms with Crippen LogP contribution in [-0.4, -0.2) is 50.2 Å². The number of nitrogens with zero attached hydrogens (tertiary/aromatic N) is 3. The number of amides is 1. The molecule has 2 saturated heterocycles. The summed E-state index contributed by atoms with van der Waals surface area (Å²) in [5, 5.41) is 16.0. The first-order valence-corrected chi connectivity index (χ1v) is 14.3. The fraction of sp³-hybridized carbons (Fsp3) is 0.406. The molecule has 0 saturated carbocycles. The molecule has 0 spiro atoms. The average Bonchev–Trinajstić information content (AvgIpc) is 3.55.